The molecule has 1 aliphatic heterocycles. The monoisotopic (exact) mass is 399 g/mol. The number of methoxy groups -OCH3 is 1. The van der Waals surface area contributed by atoms with E-state index < -0.39 is 0 Å². The van der Waals surface area contributed by atoms with Gasteiger partial charge in [-0.25, -0.2) is 4.39 Å². The summed E-state index contributed by atoms with van der Waals surface area (Å²) in [5, 5.41) is 2.96. The Hall–Kier alpha value is -3.09. The molecule has 1 N–H and O–H groups in total. The van der Waals surface area contributed by atoms with E-state index in [-0.39, 0.29) is 17.6 Å². The molecule has 0 aromatic heterocycles. The summed E-state index contributed by atoms with van der Waals surface area (Å²) < 4.78 is 18.5. The molecule has 1 unspecified atom stereocenters. The lowest BCUT2D eigenvalue weighted by molar-refractivity contribution is -0.119. The van der Waals surface area contributed by atoms with Crippen LogP contribution < -0.4 is 15.0 Å². The fourth-order valence-corrected chi connectivity index (χ4v) is 3.40. The Morgan fingerprint density at radius 1 is 1.17 bits per heavy atom. The normalized spacial score (nSPS) is 15.0. The summed E-state index contributed by atoms with van der Waals surface area (Å²) in [5.74, 6) is -0.121. The number of carbonyl (C=O) groups excluding carboxylic acids is 2. The second-order valence-corrected chi connectivity index (χ2v) is 7.23. The molecule has 0 bridgehead atoms. The SMILES string of the molecule is COc1ccc(N2CCN(C=O)CC2)cc1NC(=O)C(C)Cc1ccc(F)cc1. The molecular formula is C22H26FN3O3. The fourth-order valence-electron chi connectivity index (χ4n) is 3.40. The van der Waals surface area contributed by atoms with Gasteiger partial charge in [-0.2, -0.15) is 0 Å². The van der Waals surface area contributed by atoms with Crippen LogP contribution in [0.2, 0.25) is 0 Å². The third-order valence-corrected chi connectivity index (χ3v) is 5.17. The van der Waals surface area contributed by atoms with Crippen molar-refractivity contribution in [1.29, 1.82) is 0 Å². The molecule has 154 valence electrons. The molecule has 2 amide bonds. The van der Waals surface area contributed by atoms with E-state index in [0.717, 1.165) is 30.8 Å². The van der Waals surface area contributed by atoms with Crippen LogP contribution in [0, 0.1) is 11.7 Å². The van der Waals surface area contributed by atoms with Crippen LogP contribution in [-0.4, -0.2) is 50.5 Å². The average molecular weight is 399 g/mol. The highest BCUT2D eigenvalue weighted by molar-refractivity contribution is 5.94. The Morgan fingerprint density at radius 2 is 1.86 bits per heavy atom. The Morgan fingerprint density at radius 3 is 2.48 bits per heavy atom. The van der Waals surface area contributed by atoms with Crippen molar-refractivity contribution in [3.05, 3.63) is 53.8 Å². The molecular weight excluding hydrogens is 373 g/mol. The lowest BCUT2D eigenvalue weighted by Crippen LogP contribution is -2.45. The van der Waals surface area contributed by atoms with Crippen molar-refractivity contribution >= 4 is 23.7 Å². The number of halogens is 1. The van der Waals surface area contributed by atoms with Crippen molar-refractivity contribution in [1.82, 2.24) is 4.90 Å². The number of nitrogens with zero attached hydrogens (tertiary/aromatic N) is 2. The van der Waals surface area contributed by atoms with Crippen molar-refractivity contribution in [3.8, 4) is 5.75 Å². The predicted octanol–water partition coefficient (Wildman–Crippen LogP) is 2.93. The number of hydrogen-bond donors (Lipinski definition) is 1. The fraction of sp³-hybridized carbons (Fsp3) is 0.364. The van der Waals surface area contributed by atoms with Crippen molar-refractivity contribution in [2.75, 3.05) is 43.5 Å². The lowest BCUT2D eigenvalue weighted by atomic mass is 10.00. The standard InChI is InChI=1S/C22H26FN3O3/c1-16(13-17-3-5-18(23)6-4-17)22(28)24-20-14-19(7-8-21(20)29-2)26-11-9-25(15-27)10-12-26/h3-8,14-16H,9-13H2,1-2H3,(H,24,28). The molecule has 29 heavy (non-hydrogen) atoms. The number of rotatable bonds is 7. The molecule has 1 aliphatic rings. The van der Waals surface area contributed by atoms with E-state index in [9.17, 15) is 14.0 Å². The number of hydrogen-bond acceptors (Lipinski definition) is 4. The number of nitrogens with one attached hydrogen (secondary N) is 1. The summed E-state index contributed by atoms with van der Waals surface area (Å²) in [4.78, 5) is 27.5. The van der Waals surface area contributed by atoms with Crippen LogP contribution in [0.1, 0.15) is 12.5 Å². The van der Waals surface area contributed by atoms with E-state index in [1.165, 1.54) is 12.1 Å². The van der Waals surface area contributed by atoms with Gasteiger partial charge in [0.1, 0.15) is 11.6 Å². The molecule has 1 heterocycles. The minimum absolute atomic E-state index is 0.129. The second-order valence-electron chi connectivity index (χ2n) is 7.23. The first-order valence-electron chi connectivity index (χ1n) is 9.68. The number of ether oxygens (including phenoxy) is 1. The topological polar surface area (TPSA) is 61.9 Å². The number of benzene rings is 2. The number of piperazine rings is 1. The first-order chi connectivity index (χ1) is 14.0. The maximum atomic E-state index is 13.1. The summed E-state index contributed by atoms with van der Waals surface area (Å²) in [6.07, 6.45) is 1.39. The van der Waals surface area contributed by atoms with E-state index in [0.29, 0.717) is 30.9 Å². The largest absolute Gasteiger partial charge is 0.495 e. The van der Waals surface area contributed by atoms with Gasteiger partial charge in [-0.3, -0.25) is 9.59 Å². The van der Waals surface area contributed by atoms with Gasteiger partial charge in [-0.1, -0.05) is 19.1 Å². The number of anilines is 2. The van der Waals surface area contributed by atoms with Crippen molar-refractivity contribution in [2.45, 2.75) is 13.3 Å². The van der Waals surface area contributed by atoms with Gasteiger partial charge < -0.3 is 19.9 Å². The van der Waals surface area contributed by atoms with Crippen LogP contribution in [0.5, 0.6) is 5.75 Å². The summed E-state index contributed by atoms with van der Waals surface area (Å²) in [5.41, 5.74) is 2.49. The Bertz CT molecular complexity index is 849. The van der Waals surface area contributed by atoms with Crippen LogP contribution in [0.15, 0.2) is 42.5 Å². The zero-order valence-electron chi connectivity index (χ0n) is 16.7. The van der Waals surface area contributed by atoms with Gasteiger partial charge in [0.25, 0.3) is 0 Å². The highest BCUT2D eigenvalue weighted by Gasteiger charge is 2.19. The van der Waals surface area contributed by atoms with Crippen LogP contribution in [-0.2, 0) is 16.0 Å². The Kier molecular flexibility index (Phi) is 6.69. The third kappa shape index (κ3) is 5.25. The maximum absolute atomic E-state index is 13.1. The Balaban J connectivity index is 1.69. The third-order valence-electron chi connectivity index (χ3n) is 5.17. The van der Waals surface area contributed by atoms with Crippen LogP contribution in [0.25, 0.3) is 0 Å². The van der Waals surface area contributed by atoms with Gasteiger partial charge >= 0.3 is 0 Å². The van der Waals surface area contributed by atoms with E-state index in [1.54, 1.807) is 24.1 Å². The van der Waals surface area contributed by atoms with Crippen molar-refractivity contribution < 1.29 is 18.7 Å². The van der Waals surface area contributed by atoms with E-state index in [4.69, 9.17) is 4.74 Å². The van der Waals surface area contributed by atoms with E-state index in [1.807, 2.05) is 25.1 Å². The Labute approximate surface area is 170 Å². The van der Waals surface area contributed by atoms with Gasteiger partial charge in [-0.15, -0.1) is 0 Å². The van der Waals surface area contributed by atoms with E-state index in [2.05, 4.69) is 10.2 Å². The molecule has 0 saturated carbocycles. The molecule has 1 saturated heterocycles. The smallest absolute Gasteiger partial charge is 0.227 e. The minimum atomic E-state index is -0.290. The molecule has 2 aromatic rings. The lowest BCUT2D eigenvalue weighted by Gasteiger charge is -2.34. The maximum Gasteiger partial charge on any atom is 0.227 e. The number of carbonyl (C=O) groups is 2. The van der Waals surface area contributed by atoms with Gasteiger partial charge in [0.2, 0.25) is 12.3 Å². The van der Waals surface area contributed by atoms with Gasteiger partial charge in [0, 0.05) is 37.8 Å². The second kappa shape index (κ2) is 9.41. The molecule has 0 radical (unpaired) electrons. The van der Waals surface area contributed by atoms with E-state index >= 15 is 0 Å². The highest BCUT2D eigenvalue weighted by atomic mass is 19.1. The van der Waals surface area contributed by atoms with Gasteiger partial charge in [-0.05, 0) is 42.3 Å². The molecule has 1 fully saturated rings. The molecule has 7 heteroatoms. The molecule has 1 atom stereocenters. The van der Waals surface area contributed by atoms with Crippen molar-refractivity contribution in [3.63, 3.8) is 0 Å². The van der Waals surface area contributed by atoms with Gasteiger partial charge in [0.15, 0.2) is 0 Å². The molecule has 6 nitrogen and oxygen atoms in total. The molecule has 3 rings (SSSR count). The summed E-state index contributed by atoms with van der Waals surface area (Å²) in [6, 6.07) is 11.9. The van der Waals surface area contributed by atoms with Crippen LogP contribution in [0.4, 0.5) is 15.8 Å². The van der Waals surface area contributed by atoms with Crippen molar-refractivity contribution in [2.24, 2.45) is 5.92 Å². The average Bonchev–Trinajstić information content (AvgIpc) is 2.75. The van der Waals surface area contributed by atoms with Gasteiger partial charge in [0.05, 0.1) is 12.8 Å². The summed E-state index contributed by atoms with van der Waals surface area (Å²) in [6.45, 7) is 4.66. The van der Waals surface area contributed by atoms with Crippen LogP contribution >= 0.6 is 0 Å². The van der Waals surface area contributed by atoms with Crippen LogP contribution in [0.3, 0.4) is 0 Å². The highest BCUT2D eigenvalue weighted by Crippen LogP contribution is 2.30. The summed E-state index contributed by atoms with van der Waals surface area (Å²) >= 11 is 0. The summed E-state index contributed by atoms with van der Waals surface area (Å²) in [7, 11) is 1.56. The zero-order chi connectivity index (χ0) is 20.8. The first kappa shape index (κ1) is 20.6. The predicted molar refractivity (Wildman–Crippen MR) is 111 cm³/mol. The molecule has 0 aliphatic carbocycles. The minimum Gasteiger partial charge on any atom is -0.495 e. The quantitative estimate of drug-likeness (QED) is 0.728. The molecule has 2 aromatic carbocycles. The number of amides is 2. The zero-order valence-corrected chi connectivity index (χ0v) is 16.7. The molecule has 0 spiro atoms. The first-order valence-corrected chi connectivity index (χ1v) is 9.68.